The van der Waals surface area contributed by atoms with Crippen LogP contribution >= 0.6 is 23.1 Å². The molecule has 0 amide bonds. The van der Waals surface area contributed by atoms with Crippen LogP contribution in [0.15, 0.2) is 34.7 Å². The Morgan fingerprint density at radius 1 is 1.35 bits per heavy atom. The summed E-state index contributed by atoms with van der Waals surface area (Å²) in [6.07, 6.45) is 0.479. The number of rotatable bonds is 4. The second-order valence-corrected chi connectivity index (χ2v) is 6.10. The molecule has 0 radical (unpaired) electrons. The van der Waals surface area contributed by atoms with Crippen LogP contribution in [0, 0.1) is 18.3 Å². The molecule has 0 saturated heterocycles. The Morgan fingerprint density at radius 2 is 2.12 bits per heavy atom. The lowest BCUT2D eigenvalue weighted by Crippen LogP contribution is -1.92. The normalized spacial score (nSPS) is 12.0. The van der Waals surface area contributed by atoms with Gasteiger partial charge < -0.3 is 0 Å². The minimum absolute atomic E-state index is 0.133. The van der Waals surface area contributed by atoms with E-state index in [1.807, 2.05) is 37.3 Å². The highest BCUT2D eigenvalue weighted by molar-refractivity contribution is 8.01. The first-order valence-electron chi connectivity index (χ1n) is 5.18. The maximum Gasteiger partial charge on any atom is 0.174 e. The van der Waals surface area contributed by atoms with Gasteiger partial charge in [-0.1, -0.05) is 53.4 Å². The maximum absolute atomic E-state index is 8.89. The lowest BCUT2D eigenvalue weighted by molar-refractivity contribution is 0.951. The smallest absolute Gasteiger partial charge is 0.174 e. The zero-order valence-corrected chi connectivity index (χ0v) is 11.0. The second-order valence-electron chi connectivity index (χ2n) is 3.47. The average Bonchev–Trinajstić information content (AvgIpc) is 2.75. The third-order valence-corrected chi connectivity index (χ3v) is 4.38. The number of nitrogens with zero attached hydrogens (tertiary/aromatic N) is 3. The number of hydrogen-bond acceptors (Lipinski definition) is 5. The summed E-state index contributed by atoms with van der Waals surface area (Å²) in [6.45, 7) is 1.93. The van der Waals surface area contributed by atoms with Crippen molar-refractivity contribution in [1.82, 2.24) is 10.2 Å². The number of aryl methyl sites for hydroxylation is 1. The third kappa shape index (κ3) is 3.29. The average molecular weight is 261 g/mol. The second kappa shape index (κ2) is 5.80. The molecule has 3 nitrogen and oxygen atoms in total. The molecule has 0 N–H and O–H groups in total. The van der Waals surface area contributed by atoms with E-state index in [2.05, 4.69) is 16.3 Å². The molecule has 1 atom stereocenters. The van der Waals surface area contributed by atoms with E-state index >= 15 is 0 Å². The molecule has 0 bridgehead atoms. The molecule has 0 spiro atoms. The third-order valence-electron chi connectivity index (χ3n) is 2.20. The van der Waals surface area contributed by atoms with Gasteiger partial charge in [0.15, 0.2) is 4.34 Å². The van der Waals surface area contributed by atoms with Crippen LogP contribution in [0.5, 0.6) is 0 Å². The van der Waals surface area contributed by atoms with Gasteiger partial charge >= 0.3 is 0 Å². The molecule has 17 heavy (non-hydrogen) atoms. The monoisotopic (exact) mass is 261 g/mol. The van der Waals surface area contributed by atoms with Gasteiger partial charge in [-0.15, -0.1) is 10.2 Å². The highest BCUT2D eigenvalue weighted by Crippen LogP contribution is 2.38. The Hall–Kier alpha value is -1.38. The summed E-state index contributed by atoms with van der Waals surface area (Å²) < 4.78 is 0.923. The van der Waals surface area contributed by atoms with Crippen LogP contribution in [0.3, 0.4) is 0 Å². The van der Waals surface area contributed by atoms with Crippen molar-refractivity contribution in [2.75, 3.05) is 0 Å². The van der Waals surface area contributed by atoms with Crippen LogP contribution < -0.4 is 0 Å². The van der Waals surface area contributed by atoms with Crippen molar-refractivity contribution in [3.05, 3.63) is 40.9 Å². The molecule has 86 valence electrons. The van der Waals surface area contributed by atoms with E-state index in [-0.39, 0.29) is 5.25 Å². The van der Waals surface area contributed by atoms with Crippen molar-refractivity contribution in [3.63, 3.8) is 0 Å². The van der Waals surface area contributed by atoms with E-state index < -0.39 is 0 Å². The van der Waals surface area contributed by atoms with E-state index in [0.717, 1.165) is 14.9 Å². The minimum Gasteiger partial charge on any atom is -0.198 e. The SMILES string of the molecule is Cc1nnc(SC(CC#N)c2ccccc2)s1. The number of thioether (sulfide) groups is 1. The summed E-state index contributed by atoms with van der Waals surface area (Å²) in [5.41, 5.74) is 1.16. The van der Waals surface area contributed by atoms with Crippen molar-refractivity contribution < 1.29 is 0 Å². The predicted molar refractivity (Wildman–Crippen MR) is 69.9 cm³/mol. The number of benzene rings is 1. The van der Waals surface area contributed by atoms with Crippen LogP contribution in [0.25, 0.3) is 0 Å². The number of nitriles is 1. The van der Waals surface area contributed by atoms with Crippen molar-refractivity contribution in [1.29, 1.82) is 5.26 Å². The molecule has 0 aliphatic heterocycles. The Kier molecular flexibility index (Phi) is 4.13. The molecule has 5 heteroatoms. The summed E-state index contributed by atoms with van der Waals surface area (Å²) in [4.78, 5) is 0. The molecular formula is C12H11N3S2. The molecule has 0 fully saturated rings. The first-order chi connectivity index (χ1) is 8.29. The molecule has 1 unspecified atom stereocenters. The lowest BCUT2D eigenvalue weighted by atomic mass is 10.1. The van der Waals surface area contributed by atoms with Crippen LogP contribution in [-0.4, -0.2) is 10.2 Å². The fraction of sp³-hybridized carbons (Fsp3) is 0.250. The van der Waals surface area contributed by atoms with Crippen molar-refractivity contribution in [2.45, 2.75) is 22.9 Å². The summed E-state index contributed by atoms with van der Waals surface area (Å²) in [5, 5.41) is 18.0. The largest absolute Gasteiger partial charge is 0.198 e. The van der Waals surface area contributed by atoms with Crippen LogP contribution in [0.4, 0.5) is 0 Å². The zero-order valence-electron chi connectivity index (χ0n) is 9.33. The fourth-order valence-electron chi connectivity index (χ4n) is 1.43. The van der Waals surface area contributed by atoms with Gasteiger partial charge in [0.1, 0.15) is 5.01 Å². The Morgan fingerprint density at radius 3 is 2.71 bits per heavy atom. The van der Waals surface area contributed by atoms with E-state index in [0.29, 0.717) is 6.42 Å². The maximum atomic E-state index is 8.89. The molecule has 1 aromatic heterocycles. The first kappa shape index (κ1) is 12.1. The molecule has 2 aromatic rings. The summed E-state index contributed by atoms with van der Waals surface area (Å²) in [7, 11) is 0. The molecule has 1 aromatic carbocycles. The standard InChI is InChI=1S/C12H11N3S2/c1-9-14-15-12(16-9)17-11(7-8-13)10-5-3-2-4-6-10/h2-6,11H,7H2,1H3. The Bertz CT molecular complexity index is 516. The van der Waals surface area contributed by atoms with Crippen LogP contribution in [-0.2, 0) is 0 Å². The van der Waals surface area contributed by atoms with Crippen molar-refractivity contribution in [3.8, 4) is 6.07 Å². The Labute approximate surface area is 109 Å². The number of aromatic nitrogens is 2. The van der Waals surface area contributed by atoms with Crippen molar-refractivity contribution in [2.24, 2.45) is 0 Å². The molecule has 0 aliphatic rings. The van der Waals surface area contributed by atoms with Crippen molar-refractivity contribution >= 4 is 23.1 Å². The molecule has 2 rings (SSSR count). The van der Waals surface area contributed by atoms with Gasteiger partial charge in [0.2, 0.25) is 0 Å². The highest BCUT2D eigenvalue weighted by Gasteiger charge is 2.15. The van der Waals surface area contributed by atoms with Crippen LogP contribution in [0.1, 0.15) is 22.2 Å². The predicted octanol–water partition coefficient (Wildman–Crippen LogP) is 3.59. The van der Waals surface area contributed by atoms with E-state index in [1.165, 1.54) is 0 Å². The lowest BCUT2D eigenvalue weighted by Gasteiger charge is -2.10. The van der Waals surface area contributed by atoms with Crippen LogP contribution in [0.2, 0.25) is 0 Å². The molecule has 0 saturated carbocycles. The van der Waals surface area contributed by atoms with E-state index in [4.69, 9.17) is 5.26 Å². The van der Waals surface area contributed by atoms with E-state index in [9.17, 15) is 0 Å². The summed E-state index contributed by atoms with van der Waals surface area (Å²) in [6, 6.07) is 12.3. The zero-order chi connectivity index (χ0) is 12.1. The molecule has 1 heterocycles. The highest BCUT2D eigenvalue weighted by atomic mass is 32.2. The van der Waals surface area contributed by atoms with Gasteiger partial charge in [-0.3, -0.25) is 0 Å². The topological polar surface area (TPSA) is 49.6 Å². The van der Waals surface area contributed by atoms with Gasteiger partial charge in [-0.2, -0.15) is 5.26 Å². The van der Waals surface area contributed by atoms with E-state index in [1.54, 1.807) is 23.1 Å². The van der Waals surface area contributed by atoms with Gasteiger partial charge in [-0.25, -0.2) is 0 Å². The minimum atomic E-state index is 0.133. The van der Waals surface area contributed by atoms with Gasteiger partial charge in [0.05, 0.1) is 12.5 Å². The van der Waals surface area contributed by atoms with Gasteiger partial charge in [0.25, 0.3) is 0 Å². The Balaban J connectivity index is 2.16. The molecular weight excluding hydrogens is 250 g/mol. The summed E-state index contributed by atoms with van der Waals surface area (Å²) in [5.74, 6) is 0. The first-order valence-corrected chi connectivity index (χ1v) is 6.88. The van der Waals surface area contributed by atoms with Gasteiger partial charge in [-0.05, 0) is 12.5 Å². The molecule has 0 aliphatic carbocycles. The van der Waals surface area contributed by atoms with Gasteiger partial charge in [0, 0.05) is 5.25 Å². The fourth-order valence-corrected chi connectivity index (χ4v) is 3.53. The number of hydrogen-bond donors (Lipinski definition) is 0. The summed E-state index contributed by atoms with van der Waals surface area (Å²) >= 11 is 3.18. The quantitative estimate of drug-likeness (QED) is 0.789.